The van der Waals surface area contributed by atoms with Gasteiger partial charge in [-0.25, -0.2) is 0 Å². The fourth-order valence-electron chi connectivity index (χ4n) is 5.03. The molecule has 202 valence electrons. The molecule has 0 spiro atoms. The van der Waals surface area contributed by atoms with Gasteiger partial charge in [0.25, 0.3) is 0 Å². The molecular formula is C30H36N2O5S. The topological polar surface area (TPSA) is 77.1 Å². The summed E-state index contributed by atoms with van der Waals surface area (Å²) >= 11 is 1.53. The van der Waals surface area contributed by atoms with Gasteiger partial charge in [-0.3, -0.25) is 9.59 Å². The van der Waals surface area contributed by atoms with Crippen molar-refractivity contribution in [3.05, 3.63) is 76.0 Å². The van der Waals surface area contributed by atoms with Crippen molar-refractivity contribution in [3.8, 4) is 17.2 Å². The van der Waals surface area contributed by atoms with Crippen molar-refractivity contribution in [2.45, 2.75) is 57.2 Å². The molecule has 4 rings (SSSR count). The minimum Gasteiger partial charge on any atom is -0.493 e. The van der Waals surface area contributed by atoms with Crippen LogP contribution < -0.4 is 19.5 Å². The molecule has 1 aromatic heterocycles. The quantitative estimate of drug-likeness (QED) is 0.348. The number of benzene rings is 2. The SMILES string of the molecule is COc1cc(C(C(=O)NC2CCCCC2)N(Cc2ccccc2)C(=O)Cc2cccs2)cc(OC)c1OC. The van der Waals surface area contributed by atoms with Crippen LogP contribution in [-0.2, 0) is 22.6 Å². The van der Waals surface area contributed by atoms with E-state index in [9.17, 15) is 9.59 Å². The van der Waals surface area contributed by atoms with E-state index in [-0.39, 0.29) is 30.8 Å². The van der Waals surface area contributed by atoms with Crippen molar-refractivity contribution in [3.63, 3.8) is 0 Å². The Balaban J connectivity index is 1.79. The van der Waals surface area contributed by atoms with Crippen LogP contribution in [0.2, 0.25) is 0 Å². The fraction of sp³-hybridized carbons (Fsp3) is 0.400. The second-order valence-electron chi connectivity index (χ2n) is 9.47. The molecule has 7 nitrogen and oxygen atoms in total. The molecule has 0 aliphatic heterocycles. The smallest absolute Gasteiger partial charge is 0.247 e. The van der Waals surface area contributed by atoms with Gasteiger partial charge in [-0.15, -0.1) is 11.3 Å². The molecule has 1 atom stereocenters. The number of carbonyl (C=O) groups is 2. The molecule has 1 aliphatic carbocycles. The van der Waals surface area contributed by atoms with Crippen LogP contribution in [0.5, 0.6) is 17.2 Å². The number of ether oxygens (including phenoxy) is 3. The van der Waals surface area contributed by atoms with Gasteiger partial charge in [0.2, 0.25) is 17.6 Å². The van der Waals surface area contributed by atoms with E-state index >= 15 is 0 Å². The second kappa shape index (κ2) is 13.3. The van der Waals surface area contributed by atoms with Gasteiger partial charge in [0.1, 0.15) is 6.04 Å². The first kappa shape index (κ1) is 27.5. The standard InChI is InChI=1S/C30H36N2O5S/c1-35-25-17-22(18-26(36-2)29(25)37-3)28(30(34)31-23-13-8-5-9-14-23)32(20-21-11-6-4-7-12-21)27(33)19-24-15-10-16-38-24/h4,6-7,10-12,15-18,23,28H,5,8-9,13-14,19-20H2,1-3H3,(H,31,34). The van der Waals surface area contributed by atoms with Crippen LogP contribution in [0, 0.1) is 0 Å². The number of thiophene rings is 1. The number of hydrogen-bond acceptors (Lipinski definition) is 6. The highest BCUT2D eigenvalue weighted by atomic mass is 32.1. The van der Waals surface area contributed by atoms with E-state index in [1.165, 1.54) is 17.8 Å². The first-order valence-electron chi connectivity index (χ1n) is 13.0. The average molecular weight is 537 g/mol. The van der Waals surface area contributed by atoms with Crippen LogP contribution in [0.25, 0.3) is 0 Å². The molecule has 1 heterocycles. The zero-order valence-corrected chi connectivity index (χ0v) is 23.1. The van der Waals surface area contributed by atoms with Crippen molar-refractivity contribution >= 4 is 23.2 Å². The van der Waals surface area contributed by atoms with Crippen molar-refractivity contribution in [1.29, 1.82) is 0 Å². The van der Waals surface area contributed by atoms with Gasteiger partial charge < -0.3 is 24.4 Å². The van der Waals surface area contributed by atoms with Crippen molar-refractivity contribution in [2.75, 3.05) is 21.3 Å². The normalized spacial score (nSPS) is 14.4. The van der Waals surface area contributed by atoms with E-state index in [1.807, 2.05) is 47.8 Å². The Bertz CT molecular complexity index is 1170. The summed E-state index contributed by atoms with van der Waals surface area (Å²) < 4.78 is 16.7. The number of rotatable bonds is 11. The first-order chi connectivity index (χ1) is 18.5. The predicted molar refractivity (Wildman–Crippen MR) is 149 cm³/mol. The molecule has 0 radical (unpaired) electrons. The molecule has 3 aromatic rings. The third kappa shape index (κ3) is 6.67. The Morgan fingerprint density at radius 3 is 2.21 bits per heavy atom. The Labute approximate surface area is 228 Å². The molecule has 1 aliphatic rings. The molecule has 1 saturated carbocycles. The van der Waals surface area contributed by atoms with Crippen molar-refractivity contribution in [1.82, 2.24) is 10.2 Å². The largest absolute Gasteiger partial charge is 0.493 e. The van der Waals surface area contributed by atoms with Gasteiger partial charge in [-0.2, -0.15) is 0 Å². The van der Waals surface area contributed by atoms with Crippen LogP contribution in [0.15, 0.2) is 60.0 Å². The van der Waals surface area contributed by atoms with Crippen LogP contribution in [0.3, 0.4) is 0 Å². The molecule has 1 fully saturated rings. The molecule has 1 unspecified atom stereocenters. The number of methoxy groups -OCH3 is 3. The molecule has 2 amide bonds. The van der Waals surface area contributed by atoms with Gasteiger partial charge in [0, 0.05) is 17.5 Å². The van der Waals surface area contributed by atoms with Gasteiger partial charge in [0.05, 0.1) is 27.8 Å². The fourth-order valence-corrected chi connectivity index (χ4v) is 5.72. The summed E-state index contributed by atoms with van der Waals surface area (Å²) in [5.74, 6) is 0.963. The highest BCUT2D eigenvalue weighted by Gasteiger charge is 2.34. The van der Waals surface area contributed by atoms with Gasteiger partial charge in [-0.05, 0) is 47.5 Å². The van der Waals surface area contributed by atoms with E-state index in [2.05, 4.69) is 5.32 Å². The summed E-state index contributed by atoms with van der Waals surface area (Å²) in [4.78, 5) is 30.6. The Morgan fingerprint density at radius 2 is 1.63 bits per heavy atom. The Hall–Kier alpha value is -3.52. The van der Waals surface area contributed by atoms with Gasteiger partial charge in [-0.1, -0.05) is 55.7 Å². The van der Waals surface area contributed by atoms with Crippen molar-refractivity contribution in [2.24, 2.45) is 0 Å². The highest BCUT2D eigenvalue weighted by Crippen LogP contribution is 2.41. The van der Waals surface area contributed by atoms with Crippen LogP contribution in [-0.4, -0.2) is 44.1 Å². The second-order valence-corrected chi connectivity index (χ2v) is 10.5. The lowest BCUT2D eigenvalue weighted by atomic mass is 9.94. The minimum atomic E-state index is -0.890. The summed E-state index contributed by atoms with van der Waals surface area (Å²) in [5.41, 5.74) is 1.54. The zero-order valence-electron chi connectivity index (χ0n) is 22.3. The van der Waals surface area contributed by atoms with Crippen LogP contribution in [0.1, 0.15) is 54.1 Å². The van der Waals surface area contributed by atoms with E-state index in [1.54, 1.807) is 38.4 Å². The number of nitrogens with zero attached hydrogens (tertiary/aromatic N) is 1. The summed E-state index contributed by atoms with van der Waals surface area (Å²) in [5, 5.41) is 5.21. The highest BCUT2D eigenvalue weighted by molar-refractivity contribution is 7.10. The molecule has 0 bridgehead atoms. The maximum atomic E-state index is 14.1. The summed E-state index contributed by atoms with van der Waals surface area (Å²) in [6.07, 6.45) is 5.45. The monoisotopic (exact) mass is 536 g/mol. The molecule has 8 heteroatoms. The number of hydrogen-bond donors (Lipinski definition) is 1. The van der Waals surface area contributed by atoms with Crippen LogP contribution in [0.4, 0.5) is 0 Å². The maximum Gasteiger partial charge on any atom is 0.247 e. The van der Waals surface area contributed by atoms with E-state index in [0.717, 1.165) is 36.1 Å². The average Bonchev–Trinajstić information content (AvgIpc) is 3.46. The zero-order chi connectivity index (χ0) is 26.9. The van der Waals surface area contributed by atoms with Gasteiger partial charge >= 0.3 is 0 Å². The van der Waals surface area contributed by atoms with E-state index in [0.29, 0.717) is 22.8 Å². The van der Waals surface area contributed by atoms with Crippen LogP contribution >= 0.6 is 11.3 Å². The minimum absolute atomic E-state index is 0.0896. The Kier molecular flexibility index (Phi) is 9.65. The molecule has 38 heavy (non-hydrogen) atoms. The third-order valence-corrected chi connectivity index (χ3v) is 7.81. The lowest BCUT2D eigenvalue weighted by Gasteiger charge is -2.34. The number of carbonyl (C=O) groups excluding carboxylic acids is 2. The summed E-state index contributed by atoms with van der Waals surface area (Å²) in [7, 11) is 4.63. The summed E-state index contributed by atoms with van der Waals surface area (Å²) in [6.45, 7) is 0.282. The summed E-state index contributed by atoms with van der Waals surface area (Å²) in [6, 6.07) is 16.4. The van der Waals surface area contributed by atoms with Gasteiger partial charge in [0.15, 0.2) is 11.5 Å². The van der Waals surface area contributed by atoms with Crippen molar-refractivity contribution < 1.29 is 23.8 Å². The number of amides is 2. The Morgan fingerprint density at radius 1 is 0.947 bits per heavy atom. The lowest BCUT2D eigenvalue weighted by Crippen LogP contribution is -2.47. The van der Waals surface area contributed by atoms with E-state index in [4.69, 9.17) is 14.2 Å². The van der Waals surface area contributed by atoms with E-state index < -0.39 is 6.04 Å². The predicted octanol–water partition coefficient (Wildman–Crippen LogP) is 5.54. The first-order valence-corrected chi connectivity index (χ1v) is 13.9. The molecule has 0 saturated heterocycles. The molecule has 1 N–H and O–H groups in total. The molecule has 2 aromatic carbocycles. The lowest BCUT2D eigenvalue weighted by molar-refractivity contribution is -0.141. The maximum absolute atomic E-state index is 14.1. The number of nitrogens with one attached hydrogen (secondary N) is 1. The third-order valence-electron chi connectivity index (χ3n) is 6.94. The molecular weight excluding hydrogens is 500 g/mol.